The van der Waals surface area contributed by atoms with Crippen molar-refractivity contribution < 1.29 is 0 Å². The average molecular weight is 294 g/mol. The number of nitrogens with one attached hydrogen (secondary N) is 2. The van der Waals surface area contributed by atoms with Gasteiger partial charge in [-0.15, -0.1) is 0 Å². The molecule has 0 aliphatic carbocycles. The zero-order valence-corrected chi connectivity index (χ0v) is 12.8. The second-order valence-corrected chi connectivity index (χ2v) is 6.12. The first kappa shape index (κ1) is 14.2. The van der Waals surface area contributed by atoms with E-state index in [1.54, 1.807) is 0 Å². The molecule has 2 aliphatic rings. The summed E-state index contributed by atoms with van der Waals surface area (Å²) in [6, 6.07) is 16.4. The molecule has 4 heteroatoms. The Bertz CT molecular complexity index is 628. The lowest BCUT2D eigenvalue weighted by molar-refractivity contribution is 0.118. The molecule has 2 aliphatic heterocycles. The van der Waals surface area contributed by atoms with E-state index in [-0.39, 0.29) is 0 Å². The molecule has 2 unspecified atom stereocenters. The third-order valence-electron chi connectivity index (χ3n) is 4.76. The van der Waals surface area contributed by atoms with Gasteiger partial charge in [-0.25, -0.2) is 5.32 Å². The third kappa shape index (κ3) is 2.88. The first-order valence-corrected chi connectivity index (χ1v) is 8.14. The van der Waals surface area contributed by atoms with Crippen molar-refractivity contribution in [3.05, 3.63) is 48.0 Å². The predicted molar refractivity (Wildman–Crippen MR) is 88.8 cm³/mol. The molecule has 0 saturated carbocycles. The summed E-state index contributed by atoms with van der Waals surface area (Å²) in [7, 11) is 0. The SMILES string of the molecule is [c]1ccc2cc(C3CNC(N4CC[N]CC4)CN3)ccc2c1. The van der Waals surface area contributed by atoms with Gasteiger partial charge in [-0.05, 0) is 34.5 Å². The molecule has 4 nitrogen and oxygen atoms in total. The Morgan fingerprint density at radius 1 is 1.05 bits per heavy atom. The summed E-state index contributed by atoms with van der Waals surface area (Å²) < 4.78 is 0. The minimum atomic E-state index is 0.388. The van der Waals surface area contributed by atoms with Crippen LogP contribution in [-0.4, -0.2) is 50.3 Å². The van der Waals surface area contributed by atoms with E-state index >= 15 is 0 Å². The van der Waals surface area contributed by atoms with Gasteiger partial charge in [0.25, 0.3) is 0 Å². The van der Waals surface area contributed by atoms with E-state index in [2.05, 4.69) is 51.2 Å². The van der Waals surface area contributed by atoms with Gasteiger partial charge in [0.1, 0.15) is 0 Å². The van der Waals surface area contributed by atoms with Gasteiger partial charge in [-0.1, -0.05) is 24.3 Å². The highest BCUT2D eigenvalue weighted by molar-refractivity contribution is 5.82. The van der Waals surface area contributed by atoms with Crippen LogP contribution in [0.2, 0.25) is 0 Å². The quantitative estimate of drug-likeness (QED) is 0.872. The number of benzene rings is 2. The smallest absolute Gasteiger partial charge is 0.0727 e. The summed E-state index contributed by atoms with van der Waals surface area (Å²) in [6.45, 7) is 6.08. The summed E-state index contributed by atoms with van der Waals surface area (Å²) in [5.74, 6) is 0. The molecule has 22 heavy (non-hydrogen) atoms. The van der Waals surface area contributed by atoms with Crippen LogP contribution in [0.1, 0.15) is 11.6 Å². The van der Waals surface area contributed by atoms with Crippen LogP contribution in [0.5, 0.6) is 0 Å². The van der Waals surface area contributed by atoms with Crippen LogP contribution in [0.4, 0.5) is 0 Å². The molecule has 4 rings (SSSR count). The maximum Gasteiger partial charge on any atom is 0.0727 e. The normalized spacial score (nSPS) is 27.1. The van der Waals surface area contributed by atoms with E-state index in [0.717, 1.165) is 39.3 Å². The van der Waals surface area contributed by atoms with Gasteiger partial charge < -0.3 is 5.32 Å². The van der Waals surface area contributed by atoms with Crippen LogP contribution in [0.3, 0.4) is 0 Å². The molecule has 0 spiro atoms. The van der Waals surface area contributed by atoms with E-state index in [0.29, 0.717) is 12.2 Å². The van der Waals surface area contributed by atoms with Crippen molar-refractivity contribution in [3.63, 3.8) is 0 Å². The highest BCUT2D eigenvalue weighted by atomic mass is 15.3. The lowest BCUT2D eigenvalue weighted by Gasteiger charge is -2.40. The average Bonchev–Trinajstić information content (AvgIpc) is 2.62. The van der Waals surface area contributed by atoms with Crippen LogP contribution in [0.25, 0.3) is 10.8 Å². The van der Waals surface area contributed by atoms with Gasteiger partial charge in [0.2, 0.25) is 0 Å². The molecule has 2 atom stereocenters. The monoisotopic (exact) mass is 294 g/mol. The summed E-state index contributed by atoms with van der Waals surface area (Å²) in [4.78, 5) is 2.51. The number of fused-ring (bicyclic) bond motifs is 1. The Hall–Kier alpha value is -1.46. The zero-order valence-electron chi connectivity index (χ0n) is 12.8. The fraction of sp³-hybridized carbons (Fsp3) is 0.444. The number of nitrogens with zero attached hydrogens (tertiary/aromatic N) is 2. The largest absolute Gasteiger partial charge is 0.306 e. The molecule has 2 radical (unpaired) electrons. The van der Waals surface area contributed by atoms with Crippen molar-refractivity contribution in [1.82, 2.24) is 20.9 Å². The second kappa shape index (κ2) is 6.34. The van der Waals surface area contributed by atoms with Crippen LogP contribution in [-0.2, 0) is 0 Å². The van der Waals surface area contributed by atoms with Crippen molar-refractivity contribution in [2.75, 3.05) is 39.3 Å². The number of rotatable bonds is 2. The van der Waals surface area contributed by atoms with Crippen molar-refractivity contribution in [1.29, 1.82) is 0 Å². The lowest BCUT2D eigenvalue weighted by atomic mass is 10.0. The van der Waals surface area contributed by atoms with Gasteiger partial charge in [0, 0.05) is 45.3 Å². The molecule has 2 fully saturated rings. The predicted octanol–water partition coefficient (Wildman–Crippen LogP) is 1.12. The summed E-state index contributed by atoms with van der Waals surface area (Å²) in [5, 5.41) is 14.4. The molecule has 2 saturated heterocycles. The van der Waals surface area contributed by atoms with Crippen molar-refractivity contribution in [2.45, 2.75) is 12.2 Å². The van der Waals surface area contributed by atoms with E-state index in [9.17, 15) is 0 Å². The molecular weight excluding hydrogens is 272 g/mol. The zero-order chi connectivity index (χ0) is 14.8. The third-order valence-corrected chi connectivity index (χ3v) is 4.76. The van der Waals surface area contributed by atoms with E-state index < -0.39 is 0 Å². The van der Waals surface area contributed by atoms with Crippen LogP contribution in [0.15, 0.2) is 36.4 Å². The van der Waals surface area contributed by atoms with E-state index in [1.165, 1.54) is 16.3 Å². The molecule has 2 N–H and O–H groups in total. The molecule has 0 aromatic heterocycles. The minimum absolute atomic E-state index is 0.388. The highest BCUT2D eigenvalue weighted by Crippen LogP contribution is 2.21. The summed E-state index contributed by atoms with van der Waals surface area (Å²) in [6.07, 6.45) is 0.446. The van der Waals surface area contributed by atoms with Gasteiger partial charge >= 0.3 is 0 Å². The maximum atomic E-state index is 4.42. The number of hydrogen-bond donors (Lipinski definition) is 2. The Kier molecular flexibility index (Phi) is 4.08. The van der Waals surface area contributed by atoms with Gasteiger partial charge in [-0.3, -0.25) is 10.2 Å². The van der Waals surface area contributed by atoms with Crippen molar-refractivity contribution in [3.8, 4) is 0 Å². The number of hydrogen-bond acceptors (Lipinski definition) is 3. The lowest BCUT2D eigenvalue weighted by Crippen LogP contribution is -2.60. The first-order valence-electron chi connectivity index (χ1n) is 8.14. The van der Waals surface area contributed by atoms with Gasteiger partial charge in [-0.2, -0.15) is 0 Å². The maximum absolute atomic E-state index is 4.42. The molecule has 2 heterocycles. The van der Waals surface area contributed by atoms with E-state index in [4.69, 9.17) is 0 Å². The highest BCUT2D eigenvalue weighted by Gasteiger charge is 2.26. The molecule has 114 valence electrons. The van der Waals surface area contributed by atoms with Crippen LogP contribution < -0.4 is 16.0 Å². The topological polar surface area (TPSA) is 41.4 Å². The van der Waals surface area contributed by atoms with E-state index in [1.807, 2.05) is 12.1 Å². The Morgan fingerprint density at radius 2 is 1.95 bits per heavy atom. The summed E-state index contributed by atoms with van der Waals surface area (Å²) in [5.41, 5.74) is 1.36. The summed E-state index contributed by atoms with van der Waals surface area (Å²) >= 11 is 0. The Morgan fingerprint density at radius 3 is 2.77 bits per heavy atom. The Labute approximate surface area is 131 Å². The minimum Gasteiger partial charge on any atom is -0.306 e. The van der Waals surface area contributed by atoms with Crippen molar-refractivity contribution >= 4 is 10.8 Å². The molecule has 2 aromatic carbocycles. The van der Waals surface area contributed by atoms with Crippen LogP contribution in [0, 0.1) is 6.07 Å². The first-order chi connectivity index (χ1) is 10.9. The molecular formula is C18H22N4. The van der Waals surface area contributed by atoms with Gasteiger partial charge in [0.15, 0.2) is 0 Å². The number of piperazine rings is 2. The fourth-order valence-corrected chi connectivity index (χ4v) is 3.44. The standard InChI is InChI=1S/C18H22N4/c1-2-4-15-11-16(6-5-14(15)3-1)17-12-21-18(13-20-17)22-9-7-19-8-10-22/h2-6,11,17-18,20-21H,7-10,12-13H2. The molecule has 0 bridgehead atoms. The fourth-order valence-electron chi connectivity index (χ4n) is 3.44. The van der Waals surface area contributed by atoms with Crippen LogP contribution >= 0.6 is 0 Å². The molecule has 2 aromatic rings. The van der Waals surface area contributed by atoms with Gasteiger partial charge in [0.05, 0.1) is 6.17 Å². The Balaban J connectivity index is 1.43. The van der Waals surface area contributed by atoms with Crippen molar-refractivity contribution in [2.24, 2.45) is 0 Å². The second-order valence-electron chi connectivity index (χ2n) is 6.12. The molecule has 0 amide bonds.